The van der Waals surface area contributed by atoms with E-state index in [1.807, 2.05) is 13.8 Å². The third-order valence-corrected chi connectivity index (χ3v) is 4.44. The summed E-state index contributed by atoms with van der Waals surface area (Å²) in [6.45, 7) is 3.82. The lowest BCUT2D eigenvalue weighted by atomic mass is 9.93. The summed E-state index contributed by atoms with van der Waals surface area (Å²) in [6.07, 6.45) is 5.71. The van der Waals surface area contributed by atoms with E-state index in [4.69, 9.17) is 9.47 Å². The monoisotopic (exact) mass is 330 g/mol. The fraction of sp³-hybridized carbons (Fsp3) is 0.579. The number of nitriles is 1. The van der Waals surface area contributed by atoms with Gasteiger partial charge in [0, 0.05) is 12.8 Å². The number of hydrogen-bond donors (Lipinski definition) is 1. The summed E-state index contributed by atoms with van der Waals surface area (Å²) in [7, 11) is 1.60. The van der Waals surface area contributed by atoms with E-state index in [2.05, 4.69) is 11.4 Å². The lowest BCUT2D eigenvalue weighted by molar-refractivity contribution is -0.139. The van der Waals surface area contributed by atoms with Crippen LogP contribution in [0.15, 0.2) is 18.2 Å². The Balaban J connectivity index is 2.17. The molecule has 1 saturated carbocycles. The summed E-state index contributed by atoms with van der Waals surface area (Å²) in [6, 6.07) is 7.25. The van der Waals surface area contributed by atoms with Gasteiger partial charge >= 0.3 is 0 Å². The molecule has 0 unspecified atom stereocenters. The summed E-state index contributed by atoms with van der Waals surface area (Å²) >= 11 is 0. The molecule has 0 aliphatic heterocycles. The number of amides is 1. The molecule has 2 rings (SSSR count). The van der Waals surface area contributed by atoms with E-state index in [0.717, 1.165) is 38.5 Å². The van der Waals surface area contributed by atoms with E-state index in [-0.39, 0.29) is 12.0 Å². The highest BCUT2D eigenvalue weighted by Gasteiger charge is 2.38. The molecule has 1 aliphatic rings. The summed E-state index contributed by atoms with van der Waals surface area (Å²) in [5.41, 5.74) is 0.235. The largest absolute Gasteiger partial charge is 0.490 e. The SMILES string of the molecule is COC1(C(=O)Nc2ccc(OC(C)C)c(C#N)c2)CCCCCC1. The van der Waals surface area contributed by atoms with Crippen molar-refractivity contribution in [3.8, 4) is 11.8 Å². The van der Waals surface area contributed by atoms with Crippen LogP contribution < -0.4 is 10.1 Å². The maximum absolute atomic E-state index is 12.8. The highest BCUT2D eigenvalue weighted by Crippen LogP contribution is 2.32. The second kappa shape index (κ2) is 8.16. The van der Waals surface area contributed by atoms with Crippen molar-refractivity contribution in [2.45, 2.75) is 64.1 Å². The summed E-state index contributed by atoms with van der Waals surface area (Å²) < 4.78 is 11.2. The van der Waals surface area contributed by atoms with Crippen LogP contribution in [-0.2, 0) is 9.53 Å². The first-order valence-electron chi connectivity index (χ1n) is 8.58. The Labute approximate surface area is 144 Å². The van der Waals surface area contributed by atoms with Gasteiger partial charge in [0.15, 0.2) is 0 Å². The number of nitrogens with one attached hydrogen (secondary N) is 1. The second-order valence-corrected chi connectivity index (χ2v) is 6.56. The van der Waals surface area contributed by atoms with Gasteiger partial charge in [-0.05, 0) is 44.9 Å². The van der Waals surface area contributed by atoms with Gasteiger partial charge in [-0.3, -0.25) is 4.79 Å². The molecule has 0 radical (unpaired) electrons. The van der Waals surface area contributed by atoms with E-state index >= 15 is 0 Å². The van der Waals surface area contributed by atoms with Crippen LogP contribution >= 0.6 is 0 Å². The summed E-state index contributed by atoms with van der Waals surface area (Å²) in [4.78, 5) is 12.8. The van der Waals surface area contributed by atoms with E-state index in [1.165, 1.54) is 0 Å². The molecule has 0 atom stereocenters. The van der Waals surface area contributed by atoms with Crippen molar-refractivity contribution in [1.82, 2.24) is 0 Å². The van der Waals surface area contributed by atoms with Gasteiger partial charge in [0.25, 0.3) is 5.91 Å². The van der Waals surface area contributed by atoms with Crippen LogP contribution in [0.1, 0.15) is 57.9 Å². The molecule has 1 aliphatic carbocycles. The minimum absolute atomic E-state index is 0.0136. The van der Waals surface area contributed by atoms with Crippen LogP contribution in [0, 0.1) is 11.3 Å². The van der Waals surface area contributed by atoms with Crippen molar-refractivity contribution >= 4 is 11.6 Å². The van der Waals surface area contributed by atoms with Crippen LogP contribution in [0.3, 0.4) is 0 Å². The zero-order valence-corrected chi connectivity index (χ0v) is 14.7. The van der Waals surface area contributed by atoms with E-state index in [9.17, 15) is 10.1 Å². The molecule has 0 saturated heterocycles. The standard InChI is InChI=1S/C19H26N2O3/c1-14(2)24-17-9-8-16(12-15(17)13-20)21-18(22)19(23-3)10-6-4-5-7-11-19/h8-9,12,14H,4-7,10-11H2,1-3H3,(H,21,22). The van der Waals surface area contributed by atoms with Crippen molar-refractivity contribution in [3.05, 3.63) is 23.8 Å². The average Bonchev–Trinajstić information content (AvgIpc) is 2.82. The lowest BCUT2D eigenvalue weighted by Crippen LogP contribution is -2.44. The summed E-state index contributed by atoms with van der Waals surface area (Å²) in [5.74, 6) is 0.398. The van der Waals surface area contributed by atoms with E-state index in [1.54, 1.807) is 25.3 Å². The van der Waals surface area contributed by atoms with Crippen molar-refractivity contribution < 1.29 is 14.3 Å². The number of carbonyl (C=O) groups excluding carboxylic acids is 1. The van der Waals surface area contributed by atoms with Crippen molar-refractivity contribution in [2.75, 3.05) is 12.4 Å². The first kappa shape index (κ1) is 18.3. The van der Waals surface area contributed by atoms with E-state index < -0.39 is 5.60 Å². The van der Waals surface area contributed by atoms with Crippen LogP contribution in [0.5, 0.6) is 5.75 Å². The third kappa shape index (κ3) is 4.27. The molecule has 130 valence electrons. The van der Waals surface area contributed by atoms with Crippen LogP contribution in [0.4, 0.5) is 5.69 Å². The van der Waals surface area contributed by atoms with Gasteiger partial charge in [-0.15, -0.1) is 0 Å². The molecule has 5 nitrogen and oxygen atoms in total. The molecule has 0 spiro atoms. The number of carbonyl (C=O) groups is 1. The molecular weight excluding hydrogens is 304 g/mol. The van der Waals surface area contributed by atoms with Gasteiger partial charge < -0.3 is 14.8 Å². The minimum atomic E-state index is -0.767. The van der Waals surface area contributed by atoms with Crippen molar-refractivity contribution in [1.29, 1.82) is 5.26 Å². The fourth-order valence-electron chi connectivity index (χ4n) is 3.12. The molecule has 1 fully saturated rings. The van der Waals surface area contributed by atoms with Crippen LogP contribution in [0.25, 0.3) is 0 Å². The first-order chi connectivity index (χ1) is 11.5. The molecule has 0 aromatic heterocycles. The molecule has 1 N–H and O–H groups in total. The smallest absolute Gasteiger partial charge is 0.256 e. The first-order valence-corrected chi connectivity index (χ1v) is 8.58. The maximum atomic E-state index is 12.8. The van der Waals surface area contributed by atoms with Crippen LogP contribution in [-0.4, -0.2) is 24.7 Å². The topological polar surface area (TPSA) is 71.3 Å². The molecule has 0 heterocycles. The molecule has 1 aromatic carbocycles. The molecule has 5 heteroatoms. The maximum Gasteiger partial charge on any atom is 0.256 e. The Kier molecular flexibility index (Phi) is 6.22. The number of anilines is 1. The van der Waals surface area contributed by atoms with Gasteiger partial charge in [-0.1, -0.05) is 25.7 Å². The number of ether oxygens (including phenoxy) is 2. The number of rotatable bonds is 5. The highest BCUT2D eigenvalue weighted by molar-refractivity contribution is 5.97. The normalized spacial score (nSPS) is 17.0. The third-order valence-electron chi connectivity index (χ3n) is 4.44. The zero-order chi connectivity index (χ0) is 17.6. The van der Waals surface area contributed by atoms with Crippen molar-refractivity contribution in [2.24, 2.45) is 0 Å². The predicted octanol–water partition coefficient (Wildman–Crippen LogP) is 4.02. The Bertz CT molecular complexity index is 612. The van der Waals surface area contributed by atoms with Crippen molar-refractivity contribution in [3.63, 3.8) is 0 Å². The highest BCUT2D eigenvalue weighted by atomic mass is 16.5. The van der Waals surface area contributed by atoms with Gasteiger partial charge in [0.2, 0.25) is 0 Å². The van der Waals surface area contributed by atoms with Crippen LogP contribution in [0.2, 0.25) is 0 Å². The molecule has 1 amide bonds. The van der Waals surface area contributed by atoms with Gasteiger partial charge in [-0.25, -0.2) is 0 Å². The Morgan fingerprint density at radius 3 is 2.46 bits per heavy atom. The van der Waals surface area contributed by atoms with Gasteiger partial charge in [0.1, 0.15) is 17.4 Å². The number of methoxy groups -OCH3 is 1. The second-order valence-electron chi connectivity index (χ2n) is 6.56. The molecule has 1 aromatic rings. The predicted molar refractivity (Wildman–Crippen MR) is 93.0 cm³/mol. The molecule has 0 bridgehead atoms. The lowest BCUT2D eigenvalue weighted by Gasteiger charge is -2.29. The summed E-state index contributed by atoms with van der Waals surface area (Å²) in [5, 5.41) is 12.2. The van der Waals surface area contributed by atoms with Gasteiger partial charge in [-0.2, -0.15) is 5.26 Å². The quantitative estimate of drug-likeness (QED) is 0.828. The number of nitrogens with zero attached hydrogens (tertiary/aromatic N) is 1. The number of hydrogen-bond acceptors (Lipinski definition) is 4. The Morgan fingerprint density at radius 1 is 1.25 bits per heavy atom. The Hall–Kier alpha value is -2.06. The molecule has 24 heavy (non-hydrogen) atoms. The van der Waals surface area contributed by atoms with Gasteiger partial charge in [0.05, 0.1) is 11.7 Å². The average molecular weight is 330 g/mol. The molecular formula is C19H26N2O3. The number of benzene rings is 1. The fourth-order valence-corrected chi connectivity index (χ4v) is 3.12. The zero-order valence-electron chi connectivity index (χ0n) is 14.7. The van der Waals surface area contributed by atoms with E-state index in [0.29, 0.717) is 17.0 Å². The minimum Gasteiger partial charge on any atom is -0.490 e. The Morgan fingerprint density at radius 2 is 1.92 bits per heavy atom.